The van der Waals surface area contributed by atoms with E-state index in [9.17, 15) is 4.79 Å². The van der Waals surface area contributed by atoms with E-state index >= 15 is 0 Å². The third-order valence-corrected chi connectivity index (χ3v) is 4.54. The maximum absolute atomic E-state index is 12.7. The Balaban J connectivity index is 1.77. The van der Waals surface area contributed by atoms with Crippen molar-refractivity contribution < 1.29 is 33.2 Å². The topological polar surface area (TPSA) is 72.5 Å². The minimum Gasteiger partial charge on any atom is -0.454 e. The van der Waals surface area contributed by atoms with Gasteiger partial charge < -0.3 is 28.4 Å². The molecule has 7 heteroatoms. The molecular formula is C17H28O7. The lowest BCUT2D eigenvalue weighted by atomic mass is 9.94. The van der Waals surface area contributed by atoms with Crippen molar-refractivity contribution in [3.05, 3.63) is 0 Å². The fourth-order valence-corrected chi connectivity index (χ4v) is 3.49. The molecule has 3 rings (SSSR count). The van der Waals surface area contributed by atoms with E-state index in [1.54, 1.807) is 13.8 Å². The van der Waals surface area contributed by atoms with E-state index in [1.807, 2.05) is 13.8 Å². The highest BCUT2D eigenvalue weighted by molar-refractivity contribution is 5.84. The van der Waals surface area contributed by atoms with Gasteiger partial charge in [-0.1, -0.05) is 13.3 Å². The van der Waals surface area contributed by atoms with E-state index in [2.05, 4.69) is 6.92 Å². The number of cyclic esters (lactones) is 1. The lowest BCUT2D eigenvalue weighted by Crippen LogP contribution is -2.50. The molecule has 3 saturated heterocycles. The van der Waals surface area contributed by atoms with Crippen LogP contribution in [0.1, 0.15) is 47.5 Å². The molecule has 3 aliphatic heterocycles. The summed E-state index contributed by atoms with van der Waals surface area (Å²) < 4.78 is 34.8. The van der Waals surface area contributed by atoms with Crippen LogP contribution in [0.25, 0.3) is 0 Å². The summed E-state index contributed by atoms with van der Waals surface area (Å²) in [5, 5.41) is 0. The second kappa shape index (κ2) is 6.21. The van der Waals surface area contributed by atoms with Crippen LogP contribution in [0.15, 0.2) is 0 Å². The highest BCUT2D eigenvalue weighted by Crippen LogP contribution is 2.46. The smallest absolute Gasteiger partial charge is 0.344 e. The summed E-state index contributed by atoms with van der Waals surface area (Å²) >= 11 is 0. The van der Waals surface area contributed by atoms with Crippen molar-refractivity contribution in [3.63, 3.8) is 0 Å². The molecule has 4 atom stereocenters. The minimum absolute atomic E-state index is 0.118. The van der Waals surface area contributed by atoms with Gasteiger partial charge in [-0.2, -0.15) is 0 Å². The van der Waals surface area contributed by atoms with Gasteiger partial charge in [-0.05, 0) is 34.1 Å². The Bertz CT molecular complexity index is 489. The van der Waals surface area contributed by atoms with Crippen molar-refractivity contribution in [1.82, 2.24) is 0 Å². The zero-order valence-electron chi connectivity index (χ0n) is 15.1. The summed E-state index contributed by atoms with van der Waals surface area (Å²) in [4.78, 5) is 12.7. The molecule has 0 spiro atoms. The van der Waals surface area contributed by atoms with Gasteiger partial charge in [-0.15, -0.1) is 0 Å². The van der Waals surface area contributed by atoms with E-state index in [0.717, 1.165) is 12.8 Å². The van der Waals surface area contributed by atoms with E-state index in [0.29, 0.717) is 13.2 Å². The Morgan fingerprint density at radius 3 is 2.54 bits per heavy atom. The Morgan fingerprint density at radius 1 is 1.17 bits per heavy atom. The molecule has 7 nitrogen and oxygen atoms in total. The number of fused-ring (bicyclic) bond motifs is 1. The summed E-state index contributed by atoms with van der Waals surface area (Å²) in [7, 11) is 0. The Hall–Kier alpha value is -0.730. The second-order valence-corrected chi connectivity index (χ2v) is 7.57. The van der Waals surface area contributed by atoms with Gasteiger partial charge in [0, 0.05) is 6.61 Å². The van der Waals surface area contributed by atoms with E-state index in [1.165, 1.54) is 0 Å². The molecule has 0 unspecified atom stereocenters. The summed E-state index contributed by atoms with van der Waals surface area (Å²) in [5.74, 6) is -2.03. The first-order valence-electron chi connectivity index (χ1n) is 8.68. The van der Waals surface area contributed by atoms with E-state index in [-0.39, 0.29) is 12.7 Å². The fourth-order valence-electron chi connectivity index (χ4n) is 3.49. The van der Waals surface area contributed by atoms with Crippen LogP contribution in [0, 0.1) is 0 Å². The van der Waals surface area contributed by atoms with Gasteiger partial charge in [-0.25, -0.2) is 4.79 Å². The molecule has 3 heterocycles. The van der Waals surface area contributed by atoms with Gasteiger partial charge in [0.05, 0.1) is 13.2 Å². The summed E-state index contributed by atoms with van der Waals surface area (Å²) in [6.07, 6.45) is 0.412. The highest BCUT2D eigenvalue weighted by Gasteiger charge is 2.69. The van der Waals surface area contributed by atoms with E-state index in [4.69, 9.17) is 28.4 Å². The van der Waals surface area contributed by atoms with Crippen molar-refractivity contribution in [2.24, 2.45) is 0 Å². The lowest BCUT2D eigenvalue weighted by Gasteiger charge is -2.25. The standard InChI is InChI=1S/C17H28O7/c1-6-7-8-19-10-17-13(23-16(4,5)24-17)12(21-14(17)18)11-9-20-15(2,3)22-11/h11-13H,6-10H2,1-5H3/t11-,12-,13+,17+/m1/s1. The van der Waals surface area contributed by atoms with Crippen LogP contribution in [-0.4, -0.2) is 61.3 Å². The zero-order chi connectivity index (χ0) is 17.6. The van der Waals surface area contributed by atoms with Crippen molar-refractivity contribution in [2.75, 3.05) is 19.8 Å². The normalized spacial score (nSPS) is 39.9. The quantitative estimate of drug-likeness (QED) is 0.537. The van der Waals surface area contributed by atoms with Crippen molar-refractivity contribution in [1.29, 1.82) is 0 Å². The summed E-state index contributed by atoms with van der Waals surface area (Å²) in [5.41, 5.74) is -1.24. The predicted octanol–water partition coefficient (Wildman–Crippen LogP) is 1.77. The predicted molar refractivity (Wildman–Crippen MR) is 83.3 cm³/mol. The van der Waals surface area contributed by atoms with Gasteiger partial charge in [0.15, 0.2) is 17.7 Å². The van der Waals surface area contributed by atoms with Crippen LogP contribution in [0.2, 0.25) is 0 Å². The highest BCUT2D eigenvalue weighted by atomic mass is 16.8. The molecule has 0 aromatic carbocycles. The third-order valence-electron chi connectivity index (χ3n) is 4.54. The van der Waals surface area contributed by atoms with E-state index < -0.39 is 35.4 Å². The number of carbonyl (C=O) groups is 1. The van der Waals surface area contributed by atoms with Crippen LogP contribution < -0.4 is 0 Å². The average molecular weight is 344 g/mol. The number of esters is 1. The Labute approximate surface area is 142 Å². The molecule has 3 fully saturated rings. The molecule has 138 valence electrons. The molecule has 3 aliphatic rings. The van der Waals surface area contributed by atoms with Gasteiger partial charge in [-0.3, -0.25) is 0 Å². The third kappa shape index (κ3) is 3.20. The van der Waals surface area contributed by atoms with Crippen molar-refractivity contribution in [3.8, 4) is 0 Å². The van der Waals surface area contributed by atoms with Crippen LogP contribution in [0.3, 0.4) is 0 Å². The van der Waals surface area contributed by atoms with Crippen LogP contribution in [0.4, 0.5) is 0 Å². The largest absolute Gasteiger partial charge is 0.454 e. The second-order valence-electron chi connectivity index (χ2n) is 7.57. The first-order valence-corrected chi connectivity index (χ1v) is 8.68. The van der Waals surface area contributed by atoms with Crippen LogP contribution in [-0.2, 0) is 33.2 Å². The molecule has 0 radical (unpaired) electrons. The molecule has 0 saturated carbocycles. The maximum Gasteiger partial charge on any atom is 0.344 e. The number of hydrogen-bond donors (Lipinski definition) is 0. The average Bonchev–Trinajstić information content (AvgIpc) is 3.05. The number of carbonyl (C=O) groups excluding carboxylic acids is 1. The molecule has 0 aromatic rings. The first kappa shape index (κ1) is 18.1. The van der Waals surface area contributed by atoms with Crippen LogP contribution >= 0.6 is 0 Å². The minimum atomic E-state index is -1.24. The molecule has 0 aliphatic carbocycles. The molecule has 0 aromatic heterocycles. The van der Waals surface area contributed by atoms with Crippen LogP contribution in [0.5, 0.6) is 0 Å². The SMILES string of the molecule is CCCCOC[C@]12OC(C)(C)O[C@H]1[C@@H]([C@H]1COC(C)(C)O1)OC2=O. The monoisotopic (exact) mass is 344 g/mol. The molecular weight excluding hydrogens is 316 g/mol. The van der Waals surface area contributed by atoms with Crippen molar-refractivity contribution in [2.45, 2.75) is 82.9 Å². The zero-order valence-corrected chi connectivity index (χ0v) is 15.1. The molecule has 24 heavy (non-hydrogen) atoms. The number of rotatable bonds is 6. The first-order chi connectivity index (χ1) is 11.2. The Morgan fingerprint density at radius 2 is 1.92 bits per heavy atom. The molecule has 0 bridgehead atoms. The van der Waals surface area contributed by atoms with Gasteiger partial charge in [0.25, 0.3) is 0 Å². The number of unbranched alkanes of at least 4 members (excludes halogenated alkanes) is 1. The lowest BCUT2D eigenvalue weighted by molar-refractivity contribution is -0.212. The molecule has 0 amide bonds. The summed E-state index contributed by atoms with van der Waals surface area (Å²) in [6, 6.07) is 0. The van der Waals surface area contributed by atoms with Gasteiger partial charge in [0.1, 0.15) is 12.2 Å². The maximum atomic E-state index is 12.7. The van der Waals surface area contributed by atoms with Gasteiger partial charge in [0.2, 0.25) is 5.60 Å². The van der Waals surface area contributed by atoms with Gasteiger partial charge >= 0.3 is 5.97 Å². The Kier molecular flexibility index (Phi) is 4.68. The molecule has 0 N–H and O–H groups in total. The number of ether oxygens (including phenoxy) is 6. The van der Waals surface area contributed by atoms with Crippen molar-refractivity contribution >= 4 is 5.97 Å². The number of hydrogen-bond acceptors (Lipinski definition) is 7. The fraction of sp³-hybridized carbons (Fsp3) is 0.941. The summed E-state index contributed by atoms with van der Waals surface area (Å²) in [6.45, 7) is 10.4.